The molecule has 0 radical (unpaired) electrons. The van der Waals surface area contributed by atoms with E-state index in [1.807, 2.05) is 52.3 Å². The third-order valence-corrected chi connectivity index (χ3v) is 3.73. The molecule has 0 N–H and O–H groups in total. The van der Waals surface area contributed by atoms with Crippen LogP contribution in [0.1, 0.15) is 11.1 Å². The van der Waals surface area contributed by atoms with Crippen LogP contribution in [0.2, 0.25) is 0 Å². The second kappa shape index (κ2) is 3.73. The summed E-state index contributed by atoms with van der Waals surface area (Å²) in [5.74, 6) is 0. The van der Waals surface area contributed by atoms with Crippen LogP contribution in [-0.2, 0) is 4.46 Å². The molecule has 0 heterocycles. The van der Waals surface area contributed by atoms with E-state index >= 15 is 0 Å². The fourth-order valence-electron chi connectivity index (χ4n) is 1.27. The fraction of sp³-hybridized carbons (Fsp3) is 0.455. The molecule has 3 heteroatoms. The highest BCUT2D eigenvalue weighted by atomic mass is 35.5. The Kier molecular flexibility index (Phi) is 3.15. The highest BCUT2D eigenvalue weighted by Gasteiger charge is 2.41. The smallest absolute Gasteiger partial charge is 0.277 e. The van der Waals surface area contributed by atoms with Crippen molar-refractivity contribution in [3.63, 3.8) is 0 Å². The topological polar surface area (TPSA) is 0 Å². The first-order chi connectivity index (χ1) is 6.27. The highest BCUT2D eigenvalue weighted by Crippen LogP contribution is 2.41. The van der Waals surface area contributed by atoms with Gasteiger partial charge in [-0.2, -0.15) is 0 Å². The Bertz CT molecular complexity index is 326. The maximum Gasteiger partial charge on any atom is 0.277 e. The normalized spacial score (nSPS) is 13.0. The number of aryl methyl sites for hydroxylation is 1. The molecule has 78 valence electrons. The van der Waals surface area contributed by atoms with E-state index in [4.69, 9.17) is 23.2 Å². The number of quaternary nitrogens is 1. The number of nitrogens with zero attached hydrogens (tertiary/aromatic N) is 1. The highest BCUT2D eigenvalue weighted by molar-refractivity contribution is 6.46. The zero-order valence-electron chi connectivity index (χ0n) is 9.01. The minimum Gasteiger partial charge on any atom is -0.296 e. The number of hydrogen-bond donors (Lipinski definition) is 0. The molecule has 0 unspecified atom stereocenters. The lowest BCUT2D eigenvalue weighted by atomic mass is 10.1. The summed E-state index contributed by atoms with van der Waals surface area (Å²) in [6.07, 6.45) is 0. The average Bonchev–Trinajstić information content (AvgIpc) is 2.02. The summed E-state index contributed by atoms with van der Waals surface area (Å²) in [7, 11) is 5.94. The molecule has 0 saturated carbocycles. The van der Waals surface area contributed by atoms with Gasteiger partial charge in [0, 0.05) is 5.56 Å². The largest absolute Gasteiger partial charge is 0.296 e. The second-order valence-corrected chi connectivity index (χ2v) is 5.66. The summed E-state index contributed by atoms with van der Waals surface area (Å²) in [5, 5.41) is 0. The molecule has 1 rings (SSSR count). The first-order valence-corrected chi connectivity index (χ1v) is 5.28. The lowest BCUT2D eigenvalue weighted by molar-refractivity contribution is -0.900. The van der Waals surface area contributed by atoms with E-state index in [1.165, 1.54) is 0 Å². The predicted octanol–water partition coefficient (Wildman–Crippen LogP) is 3.29. The fourth-order valence-corrected chi connectivity index (χ4v) is 1.70. The number of halogens is 2. The minimum atomic E-state index is -0.897. The Morgan fingerprint density at radius 3 is 2.00 bits per heavy atom. The third-order valence-electron chi connectivity index (χ3n) is 2.31. The first kappa shape index (κ1) is 11.8. The van der Waals surface area contributed by atoms with Crippen molar-refractivity contribution in [2.24, 2.45) is 0 Å². The van der Waals surface area contributed by atoms with Gasteiger partial charge in [-0.05, 0) is 41.8 Å². The molecule has 0 atom stereocenters. The monoisotopic (exact) mass is 232 g/mol. The SMILES string of the molecule is Cc1ccccc1C(Cl)(Cl)[N+](C)(C)C. The van der Waals surface area contributed by atoms with Gasteiger partial charge in [-0.1, -0.05) is 18.2 Å². The van der Waals surface area contributed by atoms with Crippen LogP contribution in [0.15, 0.2) is 24.3 Å². The molecule has 0 amide bonds. The van der Waals surface area contributed by atoms with Crippen molar-refractivity contribution in [3.05, 3.63) is 35.4 Å². The van der Waals surface area contributed by atoms with E-state index in [1.54, 1.807) is 0 Å². The van der Waals surface area contributed by atoms with Gasteiger partial charge in [0.25, 0.3) is 4.46 Å². The second-order valence-electron chi connectivity index (χ2n) is 4.37. The van der Waals surface area contributed by atoms with Crippen molar-refractivity contribution in [2.75, 3.05) is 21.1 Å². The van der Waals surface area contributed by atoms with Crippen LogP contribution in [0.4, 0.5) is 0 Å². The molecule has 0 fully saturated rings. The Balaban J connectivity index is 3.23. The van der Waals surface area contributed by atoms with Gasteiger partial charge in [0.15, 0.2) is 0 Å². The predicted molar refractivity (Wildman–Crippen MR) is 62.6 cm³/mol. The molecule has 0 bridgehead atoms. The lowest BCUT2D eigenvalue weighted by Crippen LogP contribution is -2.47. The summed E-state index contributed by atoms with van der Waals surface area (Å²) in [5.41, 5.74) is 2.08. The zero-order chi connectivity index (χ0) is 11.0. The van der Waals surface area contributed by atoms with Crippen LogP contribution in [-0.4, -0.2) is 25.6 Å². The molecule has 0 spiro atoms. The van der Waals surface area contributed by atoms with Crippen molar-refractivity contribution in [2.45, 2.75) is 11.4 Å². The van der Waals surface area contributed by atoms with Crippen LogP contribution in [0.5, 0.6) is 0 Å². The number of alkyl halides is 2. The number of hydrogen-bond acceptors (Lipinski definition) is 0. The molecular weight excluding hydrogens is 217 g/mol. The van der Waals surface area contributed by atoms with E-state index in [0.717, 1.165) is 11.1 Å². The van der Waals surface area contributed by atoms with Gasteiger partial charge in [-0.15, -0.1) is 0 Å². The number of benzene rings is 1. The van der Waals surface area contributed by atoms with Crippen molar-refractivity contribution in [1.29, 1.82) is 0 Å². The summed E-state index contributed by atoms with van der Waals surface area (Å²) in [6.45, 7) is 2.02. The van der Waals surface area contributed by atoms with E-state index in [9.17, 15) is 0 Å². The third kappa shape index (κ3) is 2.05. The Morgan fingerprint density at radius 2 is 1.57 bits per heavy atom. The molecule has 1 aromatic carbocycles. The summed E-state index contributed by atoms with van der Waals surface area (Å²) in [6, 6.07) is 7.93. The van der Waals surface area contributed by atoms with E-state index < -0.39 is 4.46 Å². The van der Waals surface area contributed by atoms with E-state index in [-0.39, 0.29) is 0 Å². The molecule has 0 aliphatic heterocycles. The van der Waals surface area contributed by atoms with Gasteiger partial charge in [-0.3, -0.25) is 4.48 Å². The van der Waals surface area contributed by atoms with Gasteiger partial charge in [0.05, 0.1) is 21.1 Å². The number of rotatable bonds is 2. The summed E-state index contributed by atoms with van der Waals surface area (Å²) < 4.78 is -0.424. The van der Waals surface area contributed by atoms with Crippen molar-refractivity contribution < 1.29 is 4.48 Å². The zero-order valence-corrected chi connectivity index (χ0v) is 10.5. The van der Waals surface area contributed by atoms with E-state index in [0.29, 0.717) is 4.48 Å². The Labute approximate surface area is 95.8 Å². The van der Waals surface area contributed by atoms with Crippen LogP contribution < -0.4 is 0 Å². The molecule has 1 nitrogen and oxygen atoms in total. The van der Waals surface area contributed by atoms with Gasteiger partial charge >= 0.3 is 0 Å². The maximum atomic E-state index is 6.38. The average molecular weight is 233 g/mol. The van der Waals surface area contributed by atoms with Crippen LogP contribution >= 0.6 is 23.2 Å². The molecular formula is C11H16Cl2N+. The van der Waals surface area contributed by atoms with Crippen molar-refractivity contribution in [3.8, 4) is 0 Å². The molecule has 1 aromatic rings. The van der Waals surface area contributed by atoms with Crippen LogP contribution in [0.25, 0.3) is 0 Å². The van der Waals surface area contributed by atoms with E-state index in [2.05, 4.69) is 0 Å². The molecule has 0 aliphatic rings. The van der Waals surface area contributed by atoms with Crippen LogP contribution in [0.3, 0.4) is 0 Å². The summed E-state index contributed by atoms with van der Waals surface area (Å²) >= 11 is 12.8. The Morgan fingerprint density at radius 1 is 1.07 bits per heavy atom. The molecule has 0 aromatic heterocycles. The van der Waals surface area contributed by atoms with Crippen molar-refractivity contribution >= 4 is 23.2 Å². The quantitative estimate of drug-likeness (QED) is 0.417. The van der Waals surface area contributed by atoms with Gasteiger partial charge < -0.3 is 0 Å². The molecule has 0 aliphatic carbocycles. The van der Waals surface area contributed by atoms with Gasteiger partial charge in [-0.25, -0.2) is 0 Å². The standard InChI is InChI=1S/C11H16Cl2N/c1-9-7-5-6-8-10(9)11(12,13)14(2,3)4/h5-8H,1-4H3/q+1. The van der Waals surface area contributed by atoms with Gasteiger partial charge in [0.2, 0.25) is 0 Å². The summed E-state index contributed by atoms with van der Waals surface area (Å²) in [4.78, 5) is 0. The maximum absolute atomic E-state index is 6.38. The molecule has 14 heavy (non-hydrogen) atoms. The van der Waals surface area contributed by atoms with Gasteiger partial charge in [0.1, 0.15) is 0 Å². The lowest BCUT2D eigenvalue weighted by Gasteiger charge is -2.37. The van der Waals surface area contributed by atoms with Crippen molar-refractivity contribution in [1.82, 2.24) is 0 Å². The molecule has 0 saturated heterocycles. The first-order valence-electron chi connectivity index (χ1n) is 4.52. The van der Waals surface area contributed by atoms with Crippen LogP contribution in [0, 0.1) is 6.92 Å². The minimum absolute atomic E-state index is 0.473. The Hall–Kier alpha value is -0.240.